The zero-order valence-corrected chi connectivity index (χ0v) is 13.7. The molecule has 0 aliphatic rings. The number of aliphatic hydroxyl groups excluding tert-OH is 1. The second-order valence-corrected chi connectivity index (χ2v) is 6.19. The first-order valence-electron chi connectivity index (χ1n) is 7.73. The summed E-state index contributed by atoms with van der Waals surface area (Å²) in [4.78, 5) is 12.0. The maximum absolute atomic E-state index is 12.5. The van der Waals surface area contributed by atoms with Crippen LogP contribution in [0.25, 0.3) is 0 Å². The van der Waals surface area contributed by atoms with E-state index in [0.717, 1.165) is 12.1 Å². The van der Waals surface area contributed by atoms with Gasteiger partial charge in [0, 0.05) is 12.5 Å². The lowest BCUT2D eigenvalue weighted by Gasteiger charge is -2.16. The summed E-state index contributed by atoms with van der Waals surface area (Å²) in [5.74, 6) is -0.375. The molecule has 1 amide bonds. The molecule has 0 fully saturated rings. The second kappa shape index (κ2) is 8.34. The van der Waals surface area contributed by atoms with Crippen molar-refractivity contribution in [2.45, 2.75) is 45.9 Å². The Hall–Kier alpha value is -1.56. The van der Waals surface area contributed by atoms with Crippen molar-refractivity contribution in [3.8, 4) is 0 Å². The van der Waals surface area contributed by atoms with Crippen molar-refractivity contribution in [2.75, 3.05) is 6.54 Å². The summed E-state index contributed by atoms with van der Waals surface area (Å²) < 4.78 is 37.5. The Morgan fingerprint density at radius 1 is 1.17 bits per heavy atom. The maximum Gasteiger partial charge on any atom is 0.416 e. The number of aliphatic hydroxyl groups is 1. The van der Waals surface area contributed by atoms with Crippen LogP contribution in [-0.2, 0) is 17.4 Å². The van der Waals surface area contributed by atoms with E-state index < -0.39 is 17.8 Å². The molecule has 0 saturated heterocycles. The number of carbonyl (C=O) groups is 1. The molecule has 1 rings (SSSR count). The van der Waals surface area contributed by atoms with Gasteiger partial charge in [-0.05, 0) is 36.5 Å². The van der Waals surface area contributed by atoms with E-state index in [2.05, 4.69) is 5.32 Å². The lowest BCUT2D eigenvalue weighted by atomic mass is 9.99. The van der Waals surface area contributed by atoms with Gasteiger partial charge in [-0.15, -0.1) is 0 Å². The van der Waals surface area contributed by atoms with Gasteiger partial charge in [-0.2, -0.15) is 13.2 Å². The third-order valence-electron chi connectivity index (χ3n) is 3.78. The van der Waals surface area contributed by atoms with Gasteiger partial charge >= 0.3 is 6.18 Å². The number of alkyl halides is 3. The van der Waals surface area contributed by atoms with Crippen LogP contribution in [0.4, 0.5) is 13.2 Å². The maximum atomic E-state index is 12.5. The highest BCUT2D eigenvalue weighted by Crippen LogP contribution is 2.29. The quantitative estimate of drug-likeness (QED) is 0.804. The van der Waals surface area contributed by atoms with Crippen LogP contribution in [0.2, 0.25) is 0 Å². The molecule has 23 heavy (non-hydrogen) atoms. The summed E-state index contributed by atoms with van der Waals surface area (Å²) in [6.45, 7) is 5.92. The Kier molecular flexibility index (Phi) is 7.06. The predicted molar refractivity (Wildman–Crippen MR) is 82.8 cm³/mol. The first-order chi connectivity index (χ1) is 10.6. The number of hydrogen-bond donors (Lipinski definition) is 2. The monoisotopic (exact) mass is 331 g/mol. The molecule has 2 atom stereocenters. The van der Waals surface area contributed by atoms with Gasteiger partial charge in [-0.1, -0.05) is 32.9 Å². The molecule has 1 aromatic rings. The molecule has 1 aromatic carbocycles. The van der Waals surface area contributed by atoms with Gasteiger partial charge in [0.05, 0.1) is 11.7 Å². The molecular formula is C17H24F3NO2. The molecule has 0 aromatic heterocycles. The average Bonchev–Trinajstić information content (AvgIpc) is 2.46. The van der Waals surface area contributed by atoms with Gasteiger partial charge < -0.3 is 10.4 Å². The molecular weight excluding hydrogens is 307 g/mol. The SMILES string of the molecule is CC(Cc1ccc(C(F)(F)F)cc1)C(=O)NCCC(O)C(C)C. The summed E-state index contributed by atoms with van der Waals surface area (Å²) >= 11 is 0. The van der Waals surface area contributed by atoms with Crippen LogP contribution in [-0.4, -0.2) is 23.7 Å². The average molecular weight is 331 g/mol. The highest BCUT2D eigenvalue weighted by atomic mass is 19.4. The molecule has 0 aliphatic carbocycles. The van der Waals surface area contributed by atoms with Crippen LogP contribution in [0.5, 0.6) is 0 Å². The van der Waals surface area contributed by atoms with Gasteiger partial charge in [0.25, 0.3) is 0 Å². The molecule has 0 heterocycles. The highest BCUT2D eigenvalue weighted by Gasteiger charge is 2.30. The third-order valence-corrected chi connectivity index (χ3v) is 3.78. The molecule has 130 valence electrons. The molecule has 0 saturated carbocycles. The van der Waals surface area contributed by atoms with E-state index in [1.165, 1.54) is 12.1 Å². The lowest BCUT2D eigenvalue weighted by molar-refractivity contribution is -0.137. The number of halogens is 3. The van der Waals surface area contributed by atoms with E-state index in [0.29, 0.717) is 24.9 Å². The van der Waals surface area contributed by atoms with Gasteiger partial charge in [-0.25, -0.2) is 0 Å². The van der Waals surface area contributed by atoms with E-state index in [9.17, 15) is 23.1 Å². The zero-order valence-electron chi connectivity index (χ0n) is 13.7. The van der Waals surface area contributed by atoms with Crippen molar-refractivity contribution >= 4 is 5.91 Å². The third kappa shape index (κ3) is 6.60. The number of nitrogens with one attached hydrogen (secondary N) is 1. The van der Waals surface area contributed by atoms with Crippen molar-refractivity contribution in [3.05, 3.63) is 35.4 Å². The minimum Gasteiger partial charge on any atom is -0.393 e. The number of amides is 1. The Morgan fingerprint density at radius 3 is 2.22 bits per heavy atom. The van der Waals surface area contributed by atoms with E-state index in [1.54, 1.807) is 6.92 Å². The molecule has 3 nitrogen and oxygen atoms in total. The van der Waals surface area contributed by atoms with Crippen LogP contribution in [0.3, 0.4) is 0 Å². The van der Waals surface area contributed by atoms with E-state index >= 15 is 0 Å². The first-order valence-corrected chi connectivity index (χ1v) is 7.73. The van der Waals surface area contributed by atoms with E-state index in [1.807, 2.05) is 13.8 Å². The fraction of sp³-hybridized carbons (Fsp3) is 0.588. The fourth-order valence-electron chi connectivity index (χ4n) is 2.13. The molecule has 0 aliphatic heterocycles. The van der Waals surface area contributed by atoms with Crippen LogP contribution < -0.4 is 5.32 Å². The van der Waals surface area contributed by atoms with Crippen LogP contribution in [0, 0.1) is 11.8 Å². The molecule has 2 N–H and O–H groups in total. The number of hydrogen-bond acceptors (Lipinski definition) is 2. The molecule has 0 bridgehead atoms. The van der Waals surface area contributed by atoms with Gasteiger partial charge in [0.15, 0.2) is 0 Å². The van der Waals surface area contributed by atoms with Gasteiger partial charge in [0.1, 0.15) is 0 Å². The highest BCUT2D eigenvalue weighted by molar-refractivity contribution is 5.78. The summed E-state index contributed by atoms with van der Waals surface area (Å²) in [7, 11) is 0. The van der Waals surface area contributed by atoms with E-state index in [4.69, 9.17) is 0 Å². The van der Waals surface area contributed by atoms with E-state index in [-0.39, 0.29) is 17.7 Å². The topological polar surface area (TPSA) is 49.3 Å². The summed E-state index contributed by atoms with van der Waals surface area (Å²) in [6, 6.07) is 4.85. The Balaban J connectivity index is 2.46. The van der Waals surface area contributed by atoms with Crippen molar-refractivity contribution in [2.24, 2.45) is 11.8 Å². The van der Waals surface area contributed by atoms with Crippen molar-refractivity contribution in [1.82, 2.24) is 5.32 Å². The minimum absolute atomic E-state index is 0.136. The standard InChI is InChI=1S/C17H24F3NO2/c1-11(2)15(22)8-9-21-16(23)12(3)10-13-4-6-14(7-5-13)17(18,19)20/h4-7,11-12,15,22H,8-10H2,1-3H3,(H,21,23). The molecule has 0 spiro atoms. The Labute approximate surface area is 134 Å². The van der Waals surface area contributed by atoms with Crippen LogP contribution in [0.15, 0.2) is 24.3 Å². The zero-order chi connectivity index (χ0) is 17.6. The molecule has 2 unspecified atom stereocenters. The first kappa shape index (κ1) is 19.5. The van der Waals surface area contributed by atoms with Gasteiger partial charge in [-0.3, -0.25) is 4.79 Å². The van der Waals surface area contributed by atoms with Crippen LogP contribution in [0.1, 0.15) is 38.3 Å². The Bertz CT molecular complexity index is 498. The van der Waals surface area contributed by atoms with Crippen molar-refractivity contribution in [3.63, 3.8) is 0 Å². The second-order valence-electron chi connectivity index (χ2n) is 6.19. The summed E-state index contributed by atoms with van der Waals surface area (Å²) in [5, 5.41) is 12.4. The van der Waals surface area contributed by atoms with Gasteiger partial charge in [0.2, 0.25) is 5.91 Å². The molecule has 0 radical (unpaired) electrons. The minimum atomic E-state index is -4.35. The van der Waals surface area contributed by atoms with Crippen molar-refractivity contribution in [1.29, 1.82) is 0 Å². The number of carbonyl (C=O) groups excluding carboxylic acids is 1. The van der Waals surface area contributed by atoms with Crippen molar-refractivity contribution < 1.29 is 23.1 Å². The smallest absolute Gasteiger partial charge is 0.393 e. The summed E-state index contributed by atoms with van der Waals surface area (Å²) in [6.07, 6.45) is -3.95. The number of benzene rings is 1. The van der Waals surface area contributed by atoms with Crippen LogP contribution >= 0.6 is 0 Å². The Morgan fingerprint density at radius 2 is 1.74 bits per heavy atom. The normalized spacial score (nSPS) is 14.6. The predicted octanol–water partition coefficient (Wildman–Crippen LogP) is 3.41. The summed E-state index contributed by atoms with van der Waals surface area (Å²) in [5.41, 5.74) is -0.0103. The lowest BCUT2D eigenvalue weighted by Crippen LogP contribution is -2.33. The largest absolute Gasteiger partial charge is 0.416 e. The fourth-order valence-corrected chi connectivity index (χ4v) is 2.13. The number of rotatable bonds is 7. The molecule has 6 heteroatoms.